The van der Waals surface area contributed by atoms with Gasteiger partial charge in [0.2, 0.25) is 0 Å². The highest BCUT2D eigenvalue weighted by atomic mass is 16.5. The molecular formula is C15H28N4O. The number of anilines is 1. The van der Waals surface area contributed by atoms with Crippen molar-refractivity contribution in [2.75, 3.05) is 44.7 Å². The van der Waals surface area contributed by atoms with E-state index in [2.05, 4.69) is 35.4 Å². The number of aromatic nitrogens is 2. The van der Waals surface area contributed by atoms with Gasteiger partial charge in [-0.2, -0.15) is 5.10 Å². The molecule has 0 radical (unpaired) electrons. The van der Waals surface area contributed by atoms with Gasteiger partial charge in [-0.15, -0.1) is 0 Å². The molecule has 2 rings (SSSR count). The molecule has 0 aliphatic carbocycles. The third kappa shape index (κ3) is 4.80. The Bertz CT molecular complexity index is 370. The van der Waals surface area contributed by atoms with Crippen LogP contribution in [0.25, 0.3) is 0 Å². The Labute approximate surface area is 122 Å². The molecule has 0 bridgehead atoms. The van der Waals surface area contributed by atoms with Crippen molar-refractivity contribution in [3.63, 3.8) is 0 Å². The Morgan fingerprint density at radius 2 is 2.30 bits per heavy atom. The second-order valence-electron chi connectivity index (χ2n) is 5.48. The summed E-state index contributed by atoms with van der Waals surface area (Å²) in [5.41, 5.74) is 1.12. The van der Waals surface area contributed by atoms with Crippen LogP contribution in [0.3, 0.4) is 0 Å². The predicted octanol–water partition coefficient (Wildman–Crippen LogP) is 2.06. The Morgan fingerprint density at radius 1 is 1.45 bits per heavy atom. The zero-order valence-electron chi connectivity index (χ0n) is 12.8. The number of rotatable bonds is 8. The summed E-state index contributed by atoms with van der Waals surface area (Å²) in [5, 5.41) is 7.89. The minimum atomic E-state index is 0.641. The van der Waals surface area contributed by atoms with Crippen LogP contribution in [0.2, 0.25) is 0 Å². The molecule has 114 valence electrons. The van der Waals surface area contributed by atoms with Gasteiger partial charge in [-0.3, -0.25) is 4.68 Å². The van der Waals surface area contributed by atoms with Gasteiger partial charge in [0.15, 0.2) is 0 Å². The first-order valence-corrected chi connectivity index (χ1v) is 7.88. The van der Waals surface area contributed by atoms with Crippen molar-refractivity contribution in [3.8, 4) is 0 Å². The van der Waals surface area contributed by atoms with E-state index in [1.54, 1.807) is 0 Å². The van der Waals surface area contributed by atoms with Crippen LogP contribution in [0.5, 0.6) is 0 Å². The molecule has 1 aromatic heterocycles. The van der Waals surface area contributed by atoms with Crippen LogP contribution < -0.4 is 5.32 Å². The lowest BCUT2D eigenvalue weighted by Gasteiger charge is -2.22. The van der Waals surface area contributed by atoms with E-state index >= 15 is 0 Å². The molecule has 1 N–H and O–H groups in total. The van der Waals surface area contributed by atoms with Gasteiger partial charge in [-0.25, -0.2) is 0 Å². The molecule has 0 spiro atoms. The second-order valence-corrected chi connectivity index (χ2v) is 5.48. The lowest BCUT2D eigenvalue weighted by atomic mass is 10.0. The van der Waals surface area contributed by atoms with Crippen LogP contribution >= 0.6 is 0 Å². The van der Waals surface area contributed by atoms with E-state index < -0.39 is 0 Å². The molecule has 1 aliphatic heterocycles. The minimum Gasteiger partial charge on any atom is -0.382 e. The molecule has 0 aromatic carbocycles. The summed E-state index contributed by atoms with van der Waals surface area (Å²) in [4.78, 5) is 2.41. The Hall–Kier alpha value is -1.07. The molecule has 1 saturated heterocycles. The van der Waals surface area contributed by atoms with E-state index in [1.807, 2.05) is 10.9 Å². The Kier molecular flexibility index (Phi) is 6.33. The minimum absolute atomic E-state index is 0.641. The molecule has 5 nitrogen and oxygen atoms in total. The van der Waals surface area contributed by atoms with Crippen molar-refractivity contribution in [2.45, 2.75) is 33.2 Å². The summed E-state index contributed by atoms with van der Waals surface area (Å²) < 4.78 is 7.52. The van der Waals surface area contributed by atoms with Crippen molar-refractivity contribution in [1.29, 1.82) is 0 Å². The van der Waals surface area contributed by atoms with E-state index in [-0.39, 0.29) is 0 Å². The highest BCUT2D eigenvalue weighted by Crippen LogP contribution is 2.14. The number of ether oxygens (including phenoxy) is 1. The number of nitrogens with one attached hydrogen (secondary N) is 1. The Balaban J connectivity index is 1.71. The maximum atomic E-state index is 5.50. The van der Waals surface area contributed by atoms with Crippen molar-refractivity contribution >= 4 is 5.69 Å². The van der Waals surface area contributed by atoms with Crippen LogP contribution in [0, 0.1) is 5.92 Å². The molecule has 5 heteroatoms. The fraction of sp³-hybridized carbons (Fsp3) is 0.800. The van der Waals surface area contributed by atoms with Gasteiger partial charge in [0.05, 0.1) is 25.0 Å². The van der Waals surface area contributed by atoms with Gasteiger partial charge < -0.3 is 15.0 Å². The topological polar surface area (TPSA) is 42.3 Å². The molecule has 1 fully saturated rings. The first kappa shape index (κ1) is 15.3. The maximum Gasteiger partial charge on any atom is 0.0726 e. The van der Waals surface area contributed by atoms with Crippen LogP contribution in [0.15, 0.2) is 12.4 Å². The summed E-state index contributed by atoms with van der Waals surface area (Å²) in [7, 11) is 0. The average Bonchev–Trinajstić information content (AvgIpc) is 2.95. The van der Waals surface area contributed by atoms with Crippen molar-refractivity contribution < 1.29 is 4.74 Å². The first-order chi connectivity index (χ1) is 9.81. The molecular weight excluding hydrogens is 252 g/mol. The van der Waals surface area contributed by atoms with Gasteiger partial charge in [0, 0.05) is 25.9 Å². The van der Waals surface area contributed by atoms with E-state index in [9.17, 15) is 0 Å². The molecule has 1 atom stereocenters. The third-order valence-corrected chi connectivity index (χ3v) is 4.02. The van der Waals surface area contributed by atoms with Crippen LogP contribution in [-0.2, 0) is 11.3 Å². The molecule has 1 aliphatic rings. The maximum absolute atomic E-state index is 5.50. The van der Waals surface area contributed by atoms with E-state index in [0.29, 0.717) is 5.92 Å². The molecule has 1 unspecified atom stereocenters. The first-order valence-electron chi connectivity index (χ1n) is 7.88. The van der Waals surface area contributed by atoms with Crippen molar-refractivity contribution in [1.82, 2.24) is 14.7 Å². The van der Waals surface area contributed by atoms with Gasteiger partial charge in [-0.1, -0.05) is 13.8 Å². The zero-order chi connectivity index (χ0) is 14.2. The monoisotopic (exact) mass is 280 g/mol. The summed E-state index contributed by atoms with van der Waals surface area (Å²) >= 11 is 0. The number of hydrogen-bond acceptors (Lipinski definition) is 4. The quantitative estimate of drug-likeness (QED) is 0.791. The lowest BCUT2D eigenvalue weighted by molar-refractivity contribution is 0.0595. The SMILES string of the molecule is CCN(CC)CCn1cc(NCC2CCCOC2)cn1. The fourth-order valence-corrected chi connectivity index (χ4v) is 2.59. The van der Waals surface area contributed by atoms with E-state index in [0.717, 1.165) is 51.6 Å². The highest BCUT2D eigenvalue weighted by Gasteiger charge is 2.13. The predicted molar refractivity (Wildman–Crippen MR) is 82.0 cm³/mol. The number of hydrogen-bond donors (Lipinski definition) is 1. The van der Waals surface area contributed by atoms with Crippen molar-refractivity contribution in [2.24, 2.45) is 5.92 Å². The highest BCUT2D eigenvalue weighted by molar-refractivity contribution is 5.38. The van der Waals surface area contributed by atoms with Crippen LogP contribution in [0.1, 0.15) is 26.7 Å². The number of likely N-dealkylation sites (N-methyl/N-ethyl adjacent to an activating group) is 1. The fourth-order valence-electron chi connectivity index (χ4n) is 2.59. The van der Waals surface area contributed by atoms with Gasteiger partial charge in [0.25, 0.3) is 0 Å². The smallest absolute Gasteiger partial charge is 0.0726 e. The van der Waals surface area contributed by atoms with Crippen LogP contribution in [0.4, 0.5) is 5.69 Å². The summed E-state index contributed by atoms with van der Waals surface area (Å²) in [6.45, 7) is 11.4. The van der Waals surface area contributed by atoms with E-state index in [4.69, 9.17) is 4.74 Å². The lowest BCUT2D eigenvalue weighted by Crippen LogP contribution is -2.27. The molecule has 0 amide bonds. The van der Waals surface area contributed by atoms with Gasteiger partial charge in [-0.05, 0) is 31.8 Å². The Morgan fingerprint density at radius 3 is 3.00 bits per heavy atom. The van der Waals surface area contributed by atoms with E-state index in [1.165, 1.54) is 12.8 Å². The molecule has 0 saturated carbocycles. The summed E-state index contributed by atoms with van der Waals surface area (Å²) in [6, 6.07) is 0. The largest absolute Gasteiger partial charge is 0.382 e. The zero-order valence-corrected chi connectivity index (χ0v) is 12.8. The molecule has 1 aromatic rings. The summed E-state index contributed by atoms with van der Waals surface area (Å²) in [6.07, 6.45) is 6.48. The summed E-state index contributed by atoms with van der Waals surface area (Å²) in [5.74, 6) is 0.641. The average molecular weight is 280 g/mol. The second kappa shape index (κ2) is 8.27. The van der Waals surface area contributed by atoms with Gasteiger partial charge in [0.1, 0.15) is 0 Å². The molecule has 20 heavy (non-hydrogen) atoms. The van der Waals surface area contributed by atoms with Crippen molar-refractivity contribution in [3.05, 3.63) is 12.4 Å². The van der Waals surface area contributed by atoms with Gasteiger partial charge >= 0.3 is 0 Å². The number of nitrogens with zero attached hydrogens (tertiary/aromatic N) is 3. The van der Waals surface area contributed by atoms with Crippen LogP contribution in [-0.4, -0.2) is 54.1 Å². The normalized spacial score (nSPS) is 19.4. The standard InChI is InChI=1S/C15H28N4O/c1-3-18(4-2)7-8-19-12-15(11-17-19)16-10-14-6-5-9-20-13-14/h11-12,14,16H,3-10,13H2,1-2H3. The molecule has 2 heterocycles. The third-order valence-electron chi connectivity index (χ3n) is 4.02.